The first-order valence-electron chi connectivity index (χ1n) is 9.00. The molecule has 0 N–H and O–H groups in total. The molecular weight excluding hydrogens is 380 g/mol. The zero-order chi connectivity index (χ0) is 19.5. The van der Waals surface area contributed by atoms with Gasteiger partial charge in [-0.2, -0.15) is 9.61 Å². The number of nitro benzene ring substituents is 1. The highest BCUT2D eigenvalue weighted by Gasteiger charge is 2.18. The number of hydrogen-bond acceptors (Lipinski definition) is 7. The minimum absolute atomic E-state index is 0.00452. The number of carbonyl (C=O) groups excluding carboxylic acids is 1. The van der Waals surface area contributed by atoms with Gasteiger partial charge in [-0.05, 0) is 31.4 Å². The minimum atomic E-state index is -0.436. The lowest BCUT2D eigenvalue weighted by Gasteiger charge is -2.26. The minimum Gasteiger partial charge on any atom is -0.342 e. The number of carbonyl (C=O) groups is 1. The van der Waals surface area contributed by atoms with Crippen molar-refractivity contribution < 1.29 is 9.72 Å². The summed E-state index contributed by atoms with van der Waals surface area (Å²) < 4.78 is 1.57. The Kier molecular flexibility index (Phi) is 5.20. The Bertz CT molecular complexity index is 1030. The molecule has 0 radical (unpaired) electrons. The molecule has 1 amide bonds. The fourth-order valence-corrected chi connectivity index (χ4v) is 3.94. The van der Waals surface area contributed by atoms with E-state index in [9.17, 15) is 14.9 Å². The molecular formula is C18H18N6O3S. The van der Waals surface area contributed by atoms with Crippen LogP contribution >= 0.6 is 11.8 Å². The van der Waals surface area contributed by atoms with E-state index in [4.69, 9.17) is 0 Å². The first-order chi connectivity index (χ1) is 13.6. The first kappa shape index (κ1) is 18.4. The van der Waals surface area contributed by atoms with Crippen molar-refractivity contribution in [1.29, 1.82) is 0 Å². The van der Waals surface area contributed by atoms with Crippen LogP contribution in [0, 0.1) is 10.1 Å². The molecule has 3 aromatic rings. The van der Waals surface area contributed by atoms with E-state index in [2.05, 4.69) is 15.3 Å². The number of piperidine rings is 1. The van der Waals surface area contributed by atoms with E-state index in [0.717, 1.165) is 25.9 Å². The molecule has 1 saturated heterocycles. The first-order valence-corrected chi connectivity index (χ1v) is 9.98. The molecule has 2 aromatic heterocycles. The summed E-state index contributed by atoms with van der Waals surface area (Å²) in [6, 6.07) is 9.80. The molecule has 9 nitrogen and oxygen atoms in total. The maximum atomic E-state index is 12.4. The van der Waals surface area contributed by atoms with Crippen LogP contribution in [-0.4, -0.2) is 54.4 Å². The third-order valence-corrected chi connectivity index (χ3v) is 5.52. The van der Waals surface area contributed by atoms with Crippen molar-refractivity contribution in [2.75, 3.05) is 18.8 Å². The van der Waals surface area contributed by atoms with Crippen molar-refractivity contribution in [1.82, 2.24) is 24.7 Å². The largest absolute Gasteiger partial charge is 0.342 e. The summed E-state index contributed by atoms with van der Waals surface area (Å²) in [7, 11) is 0. The quantitative estimate of drug-likeness (QED) is 0.369. The second kappa shape index (κ2) is 7.93. The number of aromatic nitrogens is 4. The number of amides is 1. The zero-order valence-corrected chi connectivity index (χ0v) is 15.8. The lowest BCUT2D eigenvalue weighted by atomic mass is 10.1. The van der Waals surface area contributed by atoms with Crippen molar-refractivity contribution in [3.05, 3.63) is 46.5 Å². The molecule has 0 saturated carbocycles. The average molecular weight is 398 g/mol. The highest BCUT2D eigenvalue weighted by Crippen LogP contribution is 2.24. The van der Waals surface area contributed by atoms with Crippen molar-refractivity contribution in [3.63, 3.8) is 0 Å². The van der Waals surface area contributed by atoms with Gasteiger partial charge in [0.2, 0.25) is 11.1 Å². The zero-order valence-electron chi connectivity index (χ0n) is 15.0. The van der Waals surface area contributed by atoms with Crippen LogP contribution in [0.4, 0.5) is 5.69 Å². The van der Waals surface area contributed by atoms with Gasteiger partial charge in [0, 0.05) is 30.8 Å². The molecule has 0 unspecified atom stereocenters. The van der Waals surface area contributed by atoms with Crippen LogP contribution in [0.3, 0.4) is 0 Å². The summed E-state index contributed by atoms with van der Waals surface area (Å²) in [5, 5.41) is 24.3. The number of hydrogen-bond donors (Lipinski definition) is 0. The van der Waals surface area contributed by atoms with Gasteiger partial charge < -0.3 is 4.90 Å². The SMILES string of the molecule is O=C(CSc1nnc2ccc(-c3cccc([N+](=O)[O-])c3)nn12)N1CCCCC1. The molecule has 1 fully saturated rings. The molecule has 1 aliphatic rings. The van der Waals surface area contributed by atoms with Gasteiger partial charge in [0.25, 0.3) is 5.69 Å². The van der Waals surface area contributed by atoms with Crippen LogP contribution in [0.15, 0.2) is 41.6 Å². The summed E-state index contributed by atoms with van der Waals surface area (Å²) >= 11 is 1.30. The summed E-state index contributed by atoms with van der Waals surface area (Å²) in [6.07, 6.45) is 3.28. The highest BCUT2D eigenvalue weighted by molar-refractivity contribution is 7.99. The van der Waals surface area contributed by atoms with Crippen molar-refractivity contribution >= 4 is 29.0 Å². The molecule has 4 rings (SSSR count). The second-order valence-electron chi connectivity index (χ2n) is 6.51. The van der Waals surface area contributed by atoms with Gasteiger partial charge in [-0.1, -0.05) is 23.9 Å². The van der Waals surface area contributed by atoms with Crippen molar-refractivity contribution in [3.8, 4) is 11.3 Å². The van der Waals surface area contributed by atoms with Gasteiger partial charge in [0.15, 0.2) is 5.65 Å². The lowest BCUT2D eigenvalue weighted by molar-refractivity contribution is -0.384. The van der Waals surface area contributed by atoms with Gasteiger partial charge >= 0.3 is 0 Å². The molecule has 0 bridgehead atoms. The van der Waals surface area contributed by atoms with Gasteiger partial charge in [0.05, 0.1) is 16.4 Å². The van der Waals surface area contributed by atoms with Crippen molar-refractivity contribution in [2.45, 2.75) is 24.4 Å². The third-order valence-electron chi connectivity index (χ3n) is 4.62. The normalized spacial score (nSPS) is 14.4. The summed E-state index contributed by atoms with van der Waals surface area (Å²) in [4.78, 5) is 24.8. The van der Waals surface area contributed by atoms with E-state index >= 15 is 0 Å². The van der Waals surface area contributed by atoms with Gasteiger partial charge in [-0.3, -0.25) is 14.9 Å². The maximum absolute atomic E-state index is 12.4. The molecule has 1 aliphatic heterocycles. The highest BCUT2D eigenvalue weighted by atomic mass is 32.2. The van der Waals surface area contributed by atoms with E-state index in [1.165, 1.54) is 30.3 Å². The fourth-order valence-electron chi connectivity index (χ4n) is 3.15. The number of fused-ring (bicyclic) bond motifs is 1. The molecule has 3 heterocycles. The molecule has 144 valence electrons. The maximum Gasteiger partial charge on any atom is 0.270 e. The Morgan fingerprint density at radius 3 is 2.75 bits per heavy atom. The van der Waals surface area contributed by atoms with E-state index in [1.807, 2.05) is 4.90 Å². The van der Waals surface area contributed by atoms with E-state index < -0.39 is 4.92 Å². The van der Waals surface area contributed by atoms with Crippen LogP contribution < -0.4 is 0 Å². The molecule has 28 heavy (non-hydrogen) atoms. The van der Waals surface area contributed by atoms with Crippen LogP contribution in [-0.2, 0) is 4.79 Å². The Morgan fingerprint density at radius 1 is 1.14 bits per heavy atom. The molecule has 10 heteroatoms. The number of rotatable bonds is 5. The van der Waals surface area contributed by atoms with E-state index in [1.54, 1.807) is 28.8 Å². The van der Waals surface area contributed by atoms with Crippen LogP contribution in [0.5, 0.6) is 0 Å². The van der Waals surface area contributed by atoms with Crippen LogP contribution in [0.25, 0.3) is 16.9 Å². The number of likely N-dealkylation sites (tertiary alicyclic amines) is 1. The molecule has 0 aliphatic carbocycles. The summed E-state index contributed by atoms with van der Waals surface area (Å²) in [5.41, 5.74) is 1.76. The summed E-state index contributed by atoms with van der Waals surface area (Å²) in [5.74, 6) is 0.375. The Morgan fingerprint density at radius 2 is 1.96 bits per heavy atom. The lowest BCUT2D eigenvalue weighted by Crippen LogP contribution is -2.36. The Hall–Kier alpha value is -3.01. The van der Waals surface area contributed by atoms with Gasteiger partial charge in [0.1, 0.15) is 0 Å². The topological polar surface area (TPSA) is 107 Å². The van der Waals surface area contributed by atoms with E-state index in [-0.39, 0.29) is 17.3 Å². The Balaban J connectivity index is 1.55. The smallest absolute Gasteiger partial charge is 0.270 e. The fraction of sp³-hybridized carbons (Fsp3) is 0.333. The molecule has 0 spiro atoms. The van der Waals surface area contributed by atoms with E-state index in [0.29, 0.717) is 22.1 Å². The average Bonchev–Trinajstić information content (AvgIpc) is 3.15. The van der Waals surface area contributed by atoms with Gasteiger partial charge in [-0.25, -0.2) is 0 Å². The number of thioether (sulfide) groups is 1. The summed E-state index contributed by atoms with van der Waals surface area (Å²) in [6.45, 7) is 1.63. The number of nitrogens with zero attached hydrogens (tertiary/aromatic N) is 6. The monoisotopic (exact) mass is 398 g/mol. The predicted octanol–water partition coefficient (Wildman–Crippen LogP) is 2.80. The Labute approximate surface area is 164 Å². The number of nitro groups is 1. The number of benzene rings is 1. The predicted molar refractivity (Wildman–Crippen MR) is 104 cm³/mol. The van der Waals surface area contributed by atoms with Gasteiger partial charge in [-0.15, -0.1) is 10.2 Å². The van der Waals surface area contributed by atoms with Crippen LogP contribution in [0.2, 0.25) is 0 Å². The van der Waals surface area contributed by atoms with Crippen LogP contribution in [0.1, 0.15) is 19.3 Å². The molecule has 1 aromatic carbocycles. The second-order valence-corrected chi connectivity index (χ2v) is 7.45. The number of non-ortho nitro benzene ring substituents is 1. The molecule has 0 atom stereocenters. The third kappa shape index (κ3) is 3.81. The van der Waals surface area contributed by atoms with Crippen molar-refractivity contribution in [2.24, 2.45) is 0 Å². The standard InChI is InChI=1S/C18H18N6O3S/c25-17(22-9-2-1-3-10-22)12-28-18-20-19-16-8-7-15(21-23(16)18)13-5-4-6-14(11-13)24(26)27/h4-8,11H,1-3,9-10,12H2.